The van der Waals surface area contributed by atoms with E-state index in [1.54, 1.807) is 20.8 Å². The normalized spacial score (nSPS) is 36.4. The number of rotatable bonds is 13. The highest BCUT2D eigenvalue weighted by Gasteiger charge is 2.55. The molecule has 12 atom stereocenters. The second kappa shape index (κ2) is 17.3. The molecule has 1 aliphatic carbocycles. The van der Waals surface area contributed by atoms with Gasteiger partial charge in [0.05, 0.1) is 37.9 Å². The van der Waals surface area contributed by atoms with Gasteiger partial charge in [0.1, 0.15) is 41.4 Å². The Bertz CT molecular complexity index is 1080. The van der Waals surface area contributed by atoms with Gasteiger partial charge in [-0.2, -0.15) is 0 Å². The van der Waals surface area contributed by atoms with Gasteiger partial charge in [0.15, 0.2) is 6.29 Å². The maximum Gasteiger partial charge on any atom is 0.410 e. The van der Waals surface area contributed by atoms with Gasteiger partial charge in [0.25, 0.3) is 0 Å². The first-order valence-corrected chi connectivity index (χ1v) is 17.4. The molecule has 12 unspecified atom stereocenters. The molecule has 14 nitrogen and oxygen atoms in total. The van der Waals surface area contributed by atoms with E-state index in [2.05, 4.69) is 17.6 Å². The average Bonchev–Trinajstić information content (AvgIpc) is 2.99. The maximum absolute atomic E-state index is 13.1. The number of hydrogen-bond acceptors (Lipinski definition) is 12. The molecule has 2 aliphatic heterocycles. The molecule has 0 radical (unpaired) electrons. The largest absolute Gasteiger partial charge is 0.493 e. The molecule has 0 aromatic rings. The average molecular weight is 688 g/mol. The second-order valence-electron chi connectivity index (χ2n) is 14.9. The van der Waals surface area contributed by atoms with Crippen molar-refractivity contribution >= 4 is 12.0 Å². The molecule has 2 heterocycles. The summed E-state index contributed by atoms with van der Waals surface area (Å²) in [6, 6.07) is -1.97. The summed E-state index contributed by atoms with van der Waals surface area (Å²) >= 11 is 0. The summed E-state index contributed by atoms with van der Waals surface area (Å²) < 4.78 is 24.2. The molecule has 0 bridgehead atoms. The van der Waals surface area contributed by atoms with E-state index >= 15 is 0 Å². The fraction of sp³-hybridized carbons (Fsp3) is 0.882. The summed E-state index contributed by atoms with van der Waals surface area (Å²) in [5, 5.41) is 60.6. The van der Waals surface area contributed by atoms with Crippen LogP contribution in [0.3, 0.4) is 0 Å². The highest BCUT2D eigenvalue weighted by molar-refractivity contribution is 5.80. The molecule has 278 valence electrons. The zero-order valence-corrected chi connectivity index (χ0v) is 29.9. The standard InChI is InChI=1S/C34H61N3O11/c1-9-11-23(39)30(42)36-22-16-19(3)24(27-20(10-2)12-13-21(46-27)17-35-14-15-38)25(40)28(22)47-31-26(41)29(34(7,44)18-45-31)37(8)32(43)48-33(4,5)6/h13,19-20,22-29,31,35,38-41,44H,9-12,14-18H2,1-8H3,(H,36,42). The Balaban J connectivity index is 1.93. The SMILES string of the molecule is CCCC(O)C(=O)NC1CC(C)C(C2OC(CNCCO)=CCC2CC)C(O)C1OC1OCC(C)(O)C(N(C)C(=O)OC(C)(C)C)C1O. The van der Waals surface area contributed by atoms with Crippen LogP contribution in [-0.2, 0) is 23.7 Å². The van der Waals surface area contributed by atoms with E-state index < -0.39 is 78.0 Å². The lowest BCUT2D eigenvalue weighted by molar-refractivity contribution is -0.307. The summed E-state index contributed by atoms with van der Waals surface area (Å²) in [6.45, 7) is 13.0. The zero-order valence-electron chi connectivity index (χ0n) is 29.9. The summed E-state index contributed by atoms with van der Waals surface area (Å²) in [7, 11) is 1.41. The van der Waals surface area contributed by atoms with Gasteiger partial charge in [-0.3, -0.25) is 4.79 Å². The van der Waals surface area contributed by atoms with Gasteiger partial charge in [0.2, 0.25) is 5.91 Å². The first-order chi connectivity index (χ1) is 22.4. The minimum Gasteiger partial charge on any atom is -0.493 e. The van der Waals surface area contributed by atoms with Gasteiger partial charge in [-0.1, -0.05) is 27.2 Å². The van der Waals surface area contributed by atoms with Crippen LogP contribution in [0.1, 0.15) is 80.6 Å². The number of ether oxygens (including phenoxy) is 4. The van der Waals surface area contributed by atoms with Crippen LogP contribution >= 0.6 is 0 Å². The lowest BCUT2D eigenvalue weighted by Crippen LogP contribution is -2.69. The summed E-state index contributed by atoms with van der Waals surface area (Å²) in [6.07, 6.45) is -2.90. The van der Waals surface area contributed by atoms with Crippen LogP contribution in [0.25, 0.3) is 0 Å². The van der Waals surface area contributed by atoms with Crippen molar-refractivity contribution in [3.63, 3.8) is 0 Å². The van der Waals surface area contributed by atoms with E-state index in [-0.39, 0.29) is 31.5 Å². The molecular formula is C34H61N3O11. The monoisotopic (exact) mass is 687 g/mol. The Morgan fingerprint density at radius 2 is 1.90 bits per heavy atom. The molecule has 3 aliphatic rings. The third-order valence-electron chi connectivity index (χ3n) is 9.66. The molecule has 0 aromatic carbocycles. The van der Waals surface area contributed by atoms with E-state index in [0.717, 1.165) is 23.5 Å². The Kier molecular flexibility index (Phi) is 14.5. The van der Waals surface area contributed by atoms with Crippen molar-refractivity contribution in [3.8, 4) is 0 Å². The molecule has 2 fully saturated rings. The number of hydrogen-bond donors (Lipinski definition) is 7. The molecule has 7 N–H and O–H groups in total. The topological polar surface area (TPSA) is 200 Å². The maximum atomic E-state index is 13.1. The van der Waals surface area contributed by atoms with Crippen molar-refractivity contribution in [1.82, 2.24) is 15.5 Å². The highest BCUT2D eigenvalue weighted by atomic mass is 16.7. The molecule has 48 heavy (non-hydrogen) atoms. The van der Waals surface area contributed by atoms with E-state index in [1.165, 1.54) is 14.0 Å². The summed E-state index contributed by atoms with van der Waals surface area (Å²) in [4.78, 5) is 27.2. The van der Waals surface area contributed by atoms with Gasteiger partial charge < -0.3 is 60.0 Å². The molecule has 0 aromatic heterocycles. The number of nitrogens with zero attached hydrogens (tertiary/aromatic N) is 1. The third-order valence-corrected chi connectivity index (χ3v) is 9.66. The van der Waals surface area contributed by atoms with Crippen LogP contribution in [-0.4, -0.2) is 136 Å². The van der Waals surface area contributed by atoms with E-state index in [1.807, 2.05) is 19.9 Å². The third kappa shape index (κ3) is 10.0. The molecular weight excluding hydrogens is 626 g/mol. The summed E-state index contributed by atoms with van der Waals surface area (Å²) in [5.41, 5.74) is -2.50. The smallest absolute Gasteiger partial charge is 0.410 e. The minimum atomic E-state index is -1.68. The van der Waals surface area contributed by atoms with Crippen LogP contribution < -0.4 is 10.6 Å². The zero-order chi connectivity index (χ0) is 36.0. The van der Waals surface area contributed by atoms with Crippen molar-refractivity contribution in [2.45, 2.75) is 141 Å². The fourth-order valence-electron chi connectivity index (χ4n) is 7.26. The molecule has 1 saturated carbocycles. The number of nitrogens with one attached hydrogen (secondary N) is 2. The summed E-state index contributed by atoms with van der Waals surface area (Å²) in [5.74, 6) is -0.385. The molecule has 1 saturated heterocycles. The van der Waals surface area contributed by atoms with E-state index in [4.69, 9.17) is 18.9 Å². The number of carbonyl (C=O) groups is 2. The predicted molar refractivity (Wildman–Crippen MR) is 176 cm³/mol. The quantitative estimate of drug-likeness (QED) is 0.136. The molecule has 3 rings (SSSR count). The van der Waals surface area contributed by atoms with Crippen molar-refractivity contribution in [1.29, 1.82) is 0 Å². The van der Waals surface area contributed by atoms with E-state index in [0.29, 0.717) is 25.9 Å². The molecule has 0 spiro atoms. The highest BCUT2D eigenvalue weighted by Crippen LogP contribution is 2.43. The number of allylic oxidation sites excluding steroid dienone is 1. The fourth-order valence-corrected chi connectivity index (χ4v) is 7.26. The number of aliphatic hydroxyl groups is 5. The van der Waals surface area contributed by atoms with Crippen LogP contribution in [0.5, 0.6) is 0 Å². The van der Waals surface area contributed by atoms with Gasteiger partial charge in [-0.15, -0.1) is 0 Å². The van der Waals surface area contributed by atoms with Gasteiger partial charge in [-0.05, 0) is 71.3 Å². The predicted octanol–water partition coefficient (Wildman–Crippen LogP) is 1.02. The van der Waals surface area contributed by atoms with Crippen LogP contribution in [0.4, 0.5) is 4.79 Å². The number of carbonyl (C=O) groups excluding carboxylic acids is 2. The van der Waals surface area contributed by atoms with Crippen LogP contribution in [0.2, 0.25) is 0 Å². The van der Waals surface area contributed by atoms with Gasteiger partial charge in [0, 0.05) is 19.5 Å². The molecule has 2 amide bonds. The Hall–Kier alpha value is -2.04. The van der Waals surface area contributed by atoms with Crippen molar-refractivity contribution in [2.24, 2.45) is 17.8 Å². The van der Waals surface area contributed by atoms with Crippen molar-refractivity contribution in [2.75, 3.05) is 33.4 Å². The first-order valence-electron chi connectivity index (χ1n) is 17.4. The second-order valence-corrected chi connectivity index (χ2v) is 14.9. The van der Waals surface area contributed by atoms with Gasteiger partial charge in [-0.25, -0.2) is 4.79 Å². The Morgan fingerprint density at radius 1 is 1.21 bits per heavy atom. The lowest BCUT2D eigenvalue weighted by Gasteiger charge is -2.52. The Labute approximate surface area is 285 Å². The van der Waals surface area contributed by atoms with E-state index in [9.17, 15) is 35.1 Å². The van der Waals surface area contributed by atoms with Crippen LogP contribution in [0, 0.1) is 17.8 Å². The lowest BCUT2D eigenvalue weighted by atomic mass is 9.68. The number of aliphatic hydroxyl groups excluding tert-OH is 4. The number of likely N-dealkylation sites (N-methyl/N-ethyl adjacent to an activating group) is 1. The molecule has 14 heteroatoms. The van der Waals surface area contributed by atoms with Crippen LogP contribution in [0.15, 0.2) is 11.8 Å². The Morgan fingerprint density at radius 3 is 2.50 bits per heavy atom. The number of amides is 2. The first kappa shape index (κ1) is 40.4. The van der Waals surface area contributed by atoms with Crippen molar-refractivity contribution < 1.29 is 54.1 Å². The van der Waals surface area contributed by atoms with Crippen molar-refractivity contribution in [3.05, 3.63) is 11.8 Å². The minimum absolute atomic E-state index is 0.00923. The van der Waals surface area contributed by atoms with Gasteiger partial charge >= 0.3 is 6.09 Å².